The second kappa shape index (κ2) is 5.13. The minimum atomic E-state index is -3.10. The number of nitrogens with zero attached hydrogens (tertiary/aromatic N) is 2. The smallest absolute Gasteiger partial charge is 0.356 e. The first-order valence-electron chi connectivity index (χ1n) is 4.09. The van der Waals surface area contributed by atoms with Crippen molar-refractivity contribution in [3.8, 4) is 0 Å². The number of aromatic nitrogens is 1. The maximum Gasteiger partial charge on any atom is 0.356 e. The lowest BCUT2D eigenvalue weighted by Crippen LogP contribution is -2.08. The minimum Gasteiger partial charge on any atom is -0.464 e. The highest BCUT2D eigenvalue weighted by Gasteiger charge is 2.28. The molecule has 0 amide bonds. The molecule has 1 heterocycles. The highest BCUT2D eigenvalue weighted by Crippen LogP contribution is 2.34. The van der Waals surface area contributed by atoms with Gasteiger partial charge >= 0.3 is 11.7 Å². The molecule has 1 rings (SSSR count). The van der Waals surface area contributed by atoms with E-state index in [0.717, 1.165) is 7.11 Å². The fraction of sp³-hybridized carbons (Fsp3) is 0.250. The van der Waals surface area contributed by atoms with Gasteiger partial charge in [-0.25, -0.2) is 18.6 Å². The van der Waals surface area contributed by atoms with Gasteiger partial charge in [0.25, 0.3) is 6.43 Å². The normalized spacial score (nSPS) is 10.4. The summed E-state index contributed by atoms with van der Waals surface area (Å²) in [6.07, 6.45) is -3.10. The van der Waals surface area contributed by atoms with Gasteiger partial charge in [0, 0.05) is 0 Å². The Hall–Kier alpha value is -1.64. The highest BCUT2D eigenvalue weighted by atomic mass is 79.9. The lowest BCUT2D eigenvalue weighted by molar-refractivity contribution is -0.387. The van der Waals surface area contributed by atoms with Crippen LogP contribution in [-0.4, -0.2) is 23.0 Å². The number of pyridine rings is 1. The van der Waals surface area contributed by atoms with Crippen LogP contribution in [0.15, 0.2) is 10.7 Å². The Morgan fingerprint density at radius 2 is 2.24 bits per heavy atom. The van der Waals surface area contributed by atoms with Gasteiger partial charge in [-0.2, -0.15) is 0 Å². The quantitative estimate of drug-likeness (QED) is 0.371. The zero-order valence-corrected chi connectivity index (χ0v) is 9.90. The zero-order chi connectivity index (χ0) is 13.2. The number of alkyl halides is 2. The van der Waals surface area contributed by atoms with Gasteiger partial charge in [0.1, 0.15) is 5.56 Å². The van der Waals surface area contributed by atoms with Crippen LogP contribution in [0.5, 0.6) is 0 Å². The Bertz CT molecular complexity index is 481. The standard InChI is InChI=1S/C8H5BrF2N2O4/c1-17-8(14)4-2-3(7(10)11)5(13(15)16)6(9)12-4/h2,7H,1H3. The number of hydrogen-bond acceptors (Lipinski definition) is 5. The molecule has 0 unspecified atom stereocenters. The Labute approximate surface area is 102 Å². The molecule has 1 aromatic rings. The number of rotatable bonds is 3. The SMILES string of the molecule is COC(=O)c1cc(C(F)F)c([N+](=O)[O-])c(Br)n1. The van der Waals surface area contributed by atoms with Crippen LogP contribution in [0, 0.1) is 10.1 Å². The molecule has 0 N–H and O–H groups in total. The van der Waals surface area contributed by atoms with Crippen LogP contribution in [-0.2, 0) is 4.74 Å². The first kappa shape index (κ1) is 13.4. The van der Waals surface area contributed by atoms with Crippen molar-refractivity contribution >= 4 is 27.6 Å². The molecule has 0 fully saturated rings. The van der Waals surface area contributed by atoms with Crippen LogP contribution < -0.4 is 0 Å². The molecule has 92 valence electrons. The molecule has 1 aromatic heterocycles. The second-order valence-electron chi connectivity index (χ2n) is 2.79. The van der Waals surface area contributed by atoms with Gasteiger partial charge < -0.3 is 4.74 Å². The third-order valence-electron chi connectivity index (χ3n) is 1.79. The summed E-state index contributed by atoms with van der Waals surface area (Å²) in [4.78, 5) is 24.2. The summed E-state index contributed by atoms with van der Waals surface area (Å²) in [5, 5.41) is 10.6. The van der Waals surface area contributed by atoms with Crippen LogP contribution in [0.1, 0.15) is 22.5 Å². The van der Waals surface area contributed by atoms with Gasteiger partial charge in [0.05, 0.1) is 12.0 Å². The molecular weight excluding hydrogens is 306 g/mol. The van der Waals surface area contributed by atoms with E-state index in [9.17, 15) is 23.7 Å². The number of hydrogen-bond donors (Lipinski definition) is 0. The summed E-state index contributed by atoms with van der Waals surface area (Å²) in [6, 6.07) is 0.638. The van der Waals surface area contributed by atoms with Crippen molar-refractivity contribution in [1.82, 2.24) is 4.98 Å². The molecule has 9 heteroatoms. The Morgan fingerprint density at radius 1 is 1.65 bits per heavy atom. The lowest BCUT2D eigenvalue weighted by Gasteiger charge is -2.05. The number of esters is 1. The van der Waals surface area contributed by atoms with Crippen molar-refractivity contribution in [2.75, 3.05) is 7.11 Å². The molecule has 0 radical (unpaired) electrons. The molecule has 0 atom stereocenters. The molecule has 17 heavy (non-hydrogen) atoms. The van der Waals surface area contributed by atoms with Crippen molar-refractivity contribution in [1.29, 1.82) is 0 Å². The van der Waals surface area contributed by atoms with E-state index in [0.29, 0.717) is 6.07 Å². The van der Waals surface area contributed by atoms with Gasteiger partial charge in [-0.1, -0.05) is 0 Å². The summed E-state index contributed by atoms with van der Waals surface area (Å²) in [7, 11) is 1.04. The number of carbonyl (C=O) groups excluding carboxylic acids is 1. The third kappa shape index (κ3) is 2.73. The highest BCUT2D eigenvalue weighted by molar-refractivity contribution is 9.10. The van der Waals surface area contributed by atoms with Gasteiger partial charge in [0.2, 0.25) is 0 Å². The lowest BCUT2D eigenvalue weighted by atomic mass is 10.2. The molecule has 0 aromatic carbocycles. The van der Waals surface area contributed by atoms with Crippen molar-refractivity contribution in [2.45, 2.75) is 6.43 Å². The van der Waals surface area contributed by atoms with Crippen LogP contribution in [0.4, 0.5) is 14.5 Å². The Balaban J connectivity index is 3.46. The van der Waals surface area contributed by atoms with E-state index < -0.39 is 38.9 Å². The molecule has 0 aliphatic carbocycles. The second-order valence-corrected chi connectivity index (χ2v) is 3.54. The Kier molecular flexibility index (Phi) is 4.05. The van der Waals surface area contributed by atoms with E-state index in [4.69, 9.17) is 0 Å². The van der Waals surface area contributed by atoms with Crippen LogP contribution >= 0.6 is 15.9 Å². The molecular formula is C8H5BrF2N2O4. The van der Waals surface area contributed by atoms with E-state index in [-0.39, 0.29) is 0 Å². The average Bonchev–Trinajstić information content (AvgIpc) is 2.26. The van der Waals surface area contributed by atoms with Crippen LogP contribution in [0.25, 0.3) is 0 Å². The summed E-state index contributed by atoms with van der Waals surface area (Å²) in [5.74, 6) is -0.956. The minimum absolute atomic E-state index is 0.430. The number of ether oxygens (including phenoxy) is 1. The average molecular weight is 311 g/mol. The van der Waals surface area contributed by atoms with E-state index in [1.807, 2.05) is 0 Å². The first-order valence-corrected chi connectivity index (χ1v) is 4.89. The van der Waals surface area contributed by atoms with E-state index in [1.54, 1.807) is 0 Å². The van der Waals surface area contributed by atoms with Gasteiger partial charge in [-0.3, -0.25) is 10.1 Å². The molecule has 0 saturated heterocycles. The fourth-order valence-electron chi connectivity index (χ4n) is 1.08. The number of nitro groups is 1. The van der Waals surface area contributed by atoms with E-state index in [1.165, 1.54) is 0 Å². The summed E-state index contributed by atoms with van der Waals surface area (Å²) >= 11 is 2.67. The maximum atomic E-state index is 12.6. The maximum absolute atomic E-state index is 12.6. The van der Waals surface area contributed by atoms with Gasteiger partial charge in [-0.15, -0.1) is 0 Å². The summed E-state index contributed by atoms with van der Waals surface area (Å²) in [6.45, 7) is 0. The van der Waals surface area contributed by atoms with Gasteiger partial charge in [-0.05, 0) is 22.0 Å². The molecule has 0 saturated carbocycles. The van der Waals surface area contributed by atoms with Crippen molar-refractivity contribution < 1.29 is 23.2 Å². The molecule has 0 bridgehead atoms. The monoisotopic (exact) mass is 310 g/mol. The van der Waals surface area contributed by atoms with Crippen molar-refractivity contribution in [2.24, 2.45) is 0 Å². The topological polar surface area (TPSA) is 82.3 Å². The molecule has 0 aliphatic rings. The van der Waals surface area contributed by atoms with Crippen LogP contribution in [0.2, 0.25) is 0 Å². The summed E-state index contributed by atoms with van der Waals surface area (Å²) < 4.78 is 29.1. The largest absolute Gasteiger partial charge is 0.464 e. The Morgan fingerprint density at radius 3 is 2.65 bits per heavy atom. The van der Waals surface area contributed by atoms with E-state index >= 15 is 0 Å². The molecule has 6 nitrogen and oxygen atoms in total. The number of halogens is 3. The van der Waals surface area contributed by atoms with Crippen LogP contribution in [0.3, 0.4) is 0 Å². The fourth-order valence-corrected chi connectivity index (χ4v) is 1.65. The summed E-state index contributed by atoms with van der Waals surface area (Å²) in [5.41, 5.74) is -2.19. The molecule has 0 spiro atoms. The third-order valence-corrected chi connectivity index (χ3v) is 2.34. The van der Waals surface area contributed by atoms with Crippen molar-refractivity contribution in [3.05, 3.63) is 32.0 Å². The van der Waals surface area contributed by atoms with Gasteiger partial charge in [0.15, 0.2) is 10.3 Å². The zero-order valence-electron chi connectivity index (χ0n) is 8.32. The molecule has 0 aliphatic heterocycles. The van der Waals surface area contributed by atoms with Crippen molar-refractivity contribution in [3.63, 3.8) is 0 Å². The number of carbonyl (C=O) groups is 1. The first-order chi connectivity index (χ1) is 7.88. The predicted octanol–water partition coefficient (Wildman–Crippen LogP) is 2.48. The number of methoxy groups -OCH3 is 1. The van der Waals surface area contributed by atoms with E-state index in [2.05, 4.69) is 25.7 Å². The predicted molar refractivity (Wildman–Crippen MR) is 54.9 cm³/mol.